The maximum absolute atomic E-state index is 12.4. The molecular formula is C14H15F3O3S. The molecule has 0 N–H and O–H groups in total. The summed E-state index contributed by atoms with van der Waals surface area (Å²) < 4.78 is 59.8. The largest absolute Gasteiger partial charge is 0.416 e. The van der Waals surface area contributed by atoms with Gasteiger partial charge in [0.15, 0.2) is 9.84 Å². The Hall–Kier alpha value is -1.37. The van der Waals surface area contributed by atoms with Crippen LogP contribution < -0.4 is 0 Å². The van der Waals surface area contributed by atoms with Crippen molar-refractivity contribution in [2.45, 2.75) is 25.4 Å². The van der Waals surface area contributed by atoms with Crippen molar-refractivity contribution < 1.29 is 26.4 Å². The zero-order valence-electron chi connectivity index (χ0n) is 11.2. The van der Waals surface area contributed by atoms with Crippen LogP contribution in [0.25, 0.3) is 0 Å². The fourth-order valence-electron chi connectivity index (χ4n) is 2.47. The van der Waals surface area contributed by atoms with Gasteiger partial charge in [-0.3, -0.25) is 4.79 Å². The molecule has 0 spiro atoms. The maximum atomic E-state index is 12.4. The maximum Gasteiger partial charge on any atom is 0.416 e. The molecule has 1 unspecified atom stereocenters. The molecule has 1 saturated heterocycles. The number of sulfone groups is 1. The Labute approximate surface area is 121 Å². The van der Waals surface area contributed by atoms with Gasteiger partial charge in [-0.1, -0.05) is 12.1 Å². The van der Waals surface area contributed by atoms with Crippen molar-refractivity contribution in [3.63, 3.8) is 0 Å². The highest BCUT2D eigenvalue weighted by atomic mass is 32.2. The number of halogens is 3. The van der Waals surface area contributed by atoms with E-state index in [0.717, 1.165) is 12.1 Å². The highest BCUT2D eigenvalue weighted by molar-refractivity contribution is 7.91. The van der Waals surface area contributed by atoms with Crippen LogP contribution in [-0.4, -0.2) is 25.7 Å². The van der Waals surface area contributed by atoms with Crippen molar-refractivity contribution in [3.8, 4) is 0 Å². The highest BCUT2D eigenvalue weighted by Gasteiger charge is 2.31. The van der Waals surface area contributed by atoms with E-state index in [1.54, 1.807) is 0 Å². The fourth-order valence-corrected chi connectivity index (χ4v) is 4.33. The van der Waals surface area contributed by atoms with Crippen LogP contribution in [0.15, 0.2) is 24.3 Å². The lowest BCUT2D eigenvalue weighted by atomic mass is 9.97. The van der Waals surface area contributed by atoms with Gasteiger partial charge in [-0.2, -0.15) is 13.2 Å². The Morgan fingerprint density at radius 1 is 1.19 bits per heavy atom. The molecule has 116 valence electrons. The molecule has 0 aliphatic carbocycles. The lowest BCUT2D eigenvalue weighted by molar-refractivity contribution is -0.137. The third-order valence-corrected chi connectivity index (χ3v) is 5.36. The van der Waals surface area contributed by atoms with Crippen LogP contribution >= 0.6 is 0 Å². The fraction of sp³-hybridized carbons (Fsp3) is 0.500. The molecule has 1 fully saturated rings. The topological polar surface area (TPSA) is 51.2 Å². The van der Waals surface area contributed by atoms with E-state index in [0.29, 0.717) is 12.0 Å². The van der Waals surface area contributed by atoms with Crippen LogP contribution in [0.5, 0.6) is 0 Å². The second-order valence-electron chi connectivity index (χ2n) is 5.38. The first-order chi connectivity index (χ1) is 9.66. The molecule has 0 saturated carbocycles. The molecule has 1 aromatic carbocycles. The standard InChI is InChI=1S/C14H15F3O3S/c15-14(16,17)12-3-1-10(2-4-12)7-13(18)8-11-5-6-21(19,20)9-11/h1-4,11H,5-9H2. The molecule has 0 amide bonds. The zero-order chi connectivity index (χ0) is 15.7. The minimum Gasteiger partial charge on any atom is -0.299 e. The number of alkyl halides is 3. The average Bonchev–Trinajstić information content (AvgIpc) is 2.68. The lowest BCUT2D eigenvalue weighted by Gasteiger charge is -2.09. The Morgan fingerprint density at radius 3 is 2.29 bits per heavy atom. The quantitative estimate of drug-likeness (QED) is 0.857. The summed E-state index contributed by atoms with van der Waals surface area (Å²) in [4.78, 5) is 11.8. The van der Waals surface area contributed by atoms with Gasteiger partial charge < -0.3 is 0 Å². The van der Waals surface area contributed by atoms with Gasteiger partial charge in [0.2, 0.25) is 0 Å². The molecule has 1 atom stereocenters. The van der Waals surface area contributed by atoms with Gasteiger partial charge >= 0.3 is 6.18 Å². The molecular weight excluding hydrogens is 305 g/mol. The minimum atomic E-state index is -4.39. The number of hydrogen-bond donors (Lipinski definition) is 0. The van der Waals surface area contributed by atoms with Crippen molar-refractivity contribution >= 4 is 15.6 Å². The molecule has 1 heterocycles. The highest BCUT2D eigenvalue weighted by Crippen LogP contribution is 2.29. The van der Waals surface area contributed by atoms with E-state index in [1.165, 1.54) is 12.1 Å². The molecule has 7 heteroatoms. The first-order valence-corrected chi connectivity index (χ1v) is 8.36. The summed E-state index contributed by atoms with van der Waals surface area (Å²) >= 11 is 0. The summed E-state index contributed by atoms with van der Waals surface area (Å²) in [5.74, 6) is -0.148. The van der Waals surface area contributed by atoms with Crippen LogP contribution in [0.1, 0.15) is 24.0 Å². The molecule has 0 bridgehead atoms. The molecule has 0 radical (unpaired) electrons. The number of carbonyl (C=O) groups is 1. The van der Waals surface area contributed by atoms with Gasteiger partial charge in [-0.15, -0.1) is 0 Å². The number of hydrogen-bond acceptors (Lipinski definition) is 3. The smallest absolute Gasteiger partial charge is 0.299 e. The zero-order valence-corrected chi connectivity index (χ0v) is 12.0. The van der Waals surface area contributed by atoms with Gasteiger partial charge in [0.1, 0.15) is 5.78 Å². The van der Waals surface area contributed by atoms with Crippen LogP contribution in [-0.2, 0) is 27.2 Å². The molecule has 21 heavy (non-hydrogen) atoms. The molecule has 1 aliphatic rings. The number of carbonyl (C=O) groups excluding carboxylic acids is 1. The number of benzene rings is 1. The predicted octanol–water partition coefficient (Wildman–Crippen LogP) is 2.64. The third kappa shape index (κ3) is 4.56. The first kappa shape index (κ1) is 16.0. The monoisotopic (exact) mass is 320 g/mol. The Morgan fingerprint density at radius 2 is 1.81 bits per heavy atom. The van der Waals surface area contributed by atoms with E-state index < -0.39 is 21.6 Å². The van der Waals surface area contributed by atoms with E-state index >= 15 is 0 Å². The second kappa shape index (κ2) is 5.79. The summed E-state index contributed by atoms with van der Waals surface area (Å²) in [6, 6.07) is 4.46. The molecule has 3 nitrogen and oxygen atoms in total. The van der Waals surface area contributed by atoms with Crippen molar-refractivity contribution in [3.05, 3.63) is 35.4 Å². The van der Waals surface area contributed by atoms with E-state index in [4.69, 9.17) is 0 Å². The minimum absolute atomic E-state index is 0.0335. The SMILES string of the molecule is O=C(Cc1ccc(C(F)(F)F)cc1)CC1CCS(=O)(=O)C1. The number of rotatable bonds is 4. The van der Waals surface area contributed by atoms with Crippen LogP contribution in [0, 0.1) is 5.92 Å². The molecule has 0 aromatic heterocycles. The molecule has 2 rings (SSSR count). The second-order valence-corrected chi connectivity index (χ2v) is 7.61. The van der Waals surface area contributed by atoms with Crippen molar-refractivity contribution in [2.75, 3.05) is 11.5 Å². The number of Topliss-reactive ketones (excluding diaryl/α,β-unsaturated/α-hetero) is 1. The van der Waals surface area contributed by atoms with Crippen LogP contribution in [0.4, 0.5) is 13.2 Å². The lowest BCUT2D eigenvalue weighted by Crippen LogP contribution is -2.12. The Kier molecular flexibility index (Phi) is 4.41. The van der Waals surface area contributed by atoms with E-state index in [-0.39, 0.29) is 36.0 Å². The van der Waals surface area contributed by atoms with Crippen molar-refractivity contribution in [1.82, 2.24) is 0 Å². The van der Waals surface area contributed by atoms with Gasteiger partial charge in [0, 0.05) is 12.8 Å². The Balaban J connectivity index is 1.91. The number of ketones is 1. The Bertz CT molecular complexity index is 618. The first-order valence-electron chi connectivity index (χ1n) is 6.54. The van der Waals surface area contributed by atoms with Crippen LogP contribution in [0.3, 0.4) is 0 Å². The van der Waals surface area contributed by atoms with E-state index in [1.807, 2.05) is 0 Å². The molecule has 1 aliphatic heterocycles. The normalized spacial score (nSPS) is 21.4. The van der Waals surface area contributed by atoms with Crippen molar-refractivity contribution in [1.29, 1.82) is 0 Å². The third-order valence-electron chi connectivity index (χ3n) is 3.53. The predicted molar refractivity (Wildman–Crippen MR) is 71.5 cm³/mol. The van der Waals surface area contributed by atoms with Crippen molar-refractivity contribution in [2.24, 2.45) is 5.92 Å². The summed E-state index contributed by atoms with van der Waals surface area (Å²) in [6.07, 6.45) is -3.70. The van der Waals surface area contributed by atoms with Gasteiger partial charge in [-0.05, 0) is 30.0 Å². The van der Waals surface area contributed by atoms with E-state index in [9.17, 15) is 26.4 Å². The summed E-state index contributed by atoms with van der Waals surface area (Å²) in [7, 11) is -3.01. The van der Waals surface area contributed by atoms with E-state index in [2.05, 4.69) is 0 Å². The summed E-state index contributed by atoms with van der Waals surface area (Å²) in [5.41, 5.74) is -0.241. The average molecular weight is 320 g/mol. The summed E-state index contributed by atoms with van der Waals surface area (Å²) in [5, 5.41) is 0. The van der Waals surface area contributed by atoms with Gasteiger partial charge in [0.05, 0.1) is 17.1 Å². The van der Waals surface area contributed by atoms with Gasteiger partial charge in [0.25, 0.3) is 0 Å². The summed E-state index contributed by atoms with van der Waals surface area (Å²) in [6.45, 7) is 0. The van der Waals surface area contributed by atoms with Crippen LogP contribution in [0.2, 0.25) is 0 Å². The molecule has 1 aromatic rings. The van der Waals surface area contributed by atoms with Gasteiger partial charge in [-0.25, -0.2) is 8.42 Å².